The van der Waals surface area contributed by atoms with Gasteiger partial charge in [-0.3, -0.25) is 4.79 Å². The Morgan fingerprint density at radius 3 is 2.21 bits per heavy atom. The summed E-state index contributed by atoms with van der Waals surface area (Å²) in [5.41, 5.74) is 2.12. The average molecular weight is 263 g/mol. The number of aryl methyl sites for hydroxylation is 2. The molecule has 1 fully saturated rings. The molecule has 2 heterocycles. The van der Waals surface area contributed by atoms with Crippen molar-refractivity contribution in [2.45, 2.75) is 39.5 Å². The highest BCUT2D eigenvalue weighted by Crippen LogP contribution is 2.21. The molecule has 1 aliphatic rings. The number of aromatic nitrogens is 2. The first-order chi connectivity index (χ1) is 9.13. The lowest BCUT2D eigenvalue weighted by Crippen LogP contribution is -2.37. The summed E-state index contributed by atoms with van der Waals surface area (Å²) in [5.74, 6) is -0.131. The Kier molecular flexibility index (Phi) is 4.35. The predicted molar refractivity (Wildman–Crippen MR) is 73.4 cm³/mol. The first-order valence-corrected chi connectivity index (χ1v) is 6.98. The molecule has 0 spiro atoms. The maximum atomic E-state index is 10.9. The molecule has 5 nitrogen and oxygen atoms in total. The minimum atomic E-state index is -0.683. The van der Waals surface area contributed by atoms with Crippen LogP contribution in [0.3, 0.4) is 0 Å². The van der Waals surface area contributed by atoms with Gasteiger partial charge in [0, 0.05) is 24.5 Å². The first kappa shape index (κ1) is 13.8. The van der Waals surface area contributed by atoms with Crippen molar-refractivity contribution in [3.05, 3.63) is 17.5 Å². The van der Waals surface area contributed by atoms with Crippen molar-refractivity contribution >= 4 is 11.9 Å². The van der Waals surface area contributed by atoms with Crippen molar-refractivity contribution in [1.29, 1.82) is 0 Å². The Morgan fingerprint density at radius 2 is 1.79 bits per heavy atom. The Labute approximate surface area is 113 Å². The van der Waals surface area contributed by atoms with Gasteiger partial charge in [0.2, 0.25) is 5.95 Å². The van der Waals surface area contributed by atoms with Gasteiger partial charge in [0.05, 0.1) is 5.92 Å². The Morgan fingerprint density at radius 1 is 1.26 bits per heavy atom. The third kappa shape index (κ3) is 3.22. The molecule has 0 saturated carbocycles. The van der Waals surface area contributed by atoms with E-state index in [1.807, 2.05) is 6.07 Å². The zero-order chi connectivity index (χ0) is 13.8. The van der Waals surface area contributed by atoms with E-state index in [4.69, 9.17) is 5.11 Å². The minimum Gasteiger partial charge on any atom is -0.481 e. The van der Waals surface area contributed by atoms with Gasteiger partial charge in [-0.15, -0.1) is 0 Å². The second-order valence-corrected chi connectivity index (χ2v) is 4.96. The summed E-state index contributed by atoms with van der Waals surface area (Å²) in [6.45, 7) is 5.63. The zero-order valence-electron chi connectivity index (χ0n) is 11.6. The smallest absolute Gasteiger partial charge is 0.306 e. The average Bonchev–Trinajstić information content (AvgIpc) is 2.46. The molecule has 2 rings (SSSR count). The molecule has 1 saturated heterocycles. The van der Waals surface area contributed by atoms with Gasteiger partial charge in [-0.2, -0.15) is 0 Å². The number of carbonyl (C=O) groups is 1. The van der Waals surface area contributed by atoms with Crippen LogP contribution in [0.4, 0.5) is 5.95 Å². The molecule has 0 radical (unpaired) electrons. The highest BCUT2D eigenvalue weighted by atomic mass is 16.4. The Balaban J connectivity index is 2.12. The number of aliphatic carboxylic acids is 1. The van der Waals surface area contributed by atoms with Crippen LogP contribution in [0.5, 0.6) is 0 Å². The van der Waals surface area contributed by atoms with Gasteiger partial charge in [-0.25, -0.2) is 9.97 Å². The summed E-state index contributed by atoms with van der Waals surface area (Å²) >= 11 is 0. The van der Waals surface area contributed by atoms with E-state index in [1.165, 1.54) is 0 Å². The fourth-order valence-electron chi connectivity index (χ4n) is 2.37. The Hall–Kier alpha value is -1.65. The largest absolute Gasteiger partial charge is 0.481 e. The van der Waals surface area contributed by atoms with E-state index in [2.05, 4.69) is 28.7 Å². The number of piperidine rings is 1. The molecule has 0 atom stereocenters. The van der Waals surface area contributed by atoms with E-state index in [0.29, 0.717) is 12.8 Å². The van der Waals surface area contributed by atoms with E-state index in [1.54, 1.807) is 0 Å². The van der Waals surface area contributed by atoms with Gasteiger partial charge in [0.1, 0.15) is 0 Å². The van der Waals surface area contributed by atoms with Crippen LogP contribution < -0.4 is 4.90 Å². The summed E-state index contributed by atoms with van der Waals surface area (Å²) in [4.78, 5) is 22.2. The lowest BCUT2D eigenvalue weighted by atomic mass is 9.97. The SMILES string of the molecule is CCc1cc(CC)nc(N2CCC(C(=O)O)CC2)n1. The lowest BCUT2D eigenvalue weighted by molar-refractivity contribution is -0.142. The number of hydrogen-bond acceptors (Lipinski definition) is 4. The van der Waals surface area contributed by atoms with Crippen molar-refractivity contribution < 1.29 is 9.90 Å². The second-order valence-electron chi connectivity index (χ2n) is 4.96. The topological polar surface area (TPSA) is 66.3 Å². The molecule has 1 aromatic heterocycles. The van der Waals surface area contributed by atoms with Gasteiger partial charge < -0.3 is 10.0 Å². The van der Waals surface area contributed by atoms with Crippen molar-refractivity contribution in [3.63, 3.8) is 0 Å². The number of carboxylic acids is 1. The van der Waals surface area contributed by atoms with Gasteiger partial charge in [0.25, 0.3) is 0 Å². The van der Waals surface area contributed by atoms with Gasteiger partial charge >= 0.3 is 5.97 Å². The quantitative estimate of drug-likeness (QED) is 0.898. The fraction of sp³-hybridized carbons (Fsp3) is 0.643. The molecule has 1 aliphatic heterocycles. The van der Waals surface area contributed by atoms with Crippen molar-refractivity contribution in [2.75, 3.05) is 18.0 Å². The zero-order valence-corrected chi connectivity index (χ0v) is 11.6. The van der Waals surface area contributed by atoms with Crippen LogP contribution in [-0.2, 0) is 17.6 Å². The molecule has 0 unspecified atom stereocenters. The molecule has 0 aromatic carbocycles. The summed E-state index contributed by atoms with van der Waals surface area (Å²) in [5, 5.41) is 9.01. The van der Waals surface area contributed by atoms with Crippen LogP contribution in [0.15, 0.2) is 6.07 Å². The van der Waals surface area contributed by atoms with Crippen LogP contribution in [-0.4, -0.2) is 34.1 Å². The van der Waals surface area contributed by atoms with E-state index >= 15 is 0 Å². The van der Waals surface area contributed by atoms with Crippen LogP contribution in [0.1, 0.15) is 38.1 Å². The molecular weight excluding hydrogens is 242 g/mol. The number of hydrogen-bond donors (Lipinski definition) is 1. The molecule has 1 N–H and O–H groups in total. The summed E-state index contributed by atoms with van der Waals surface area (Å²) in [7, 11) is 0. The lowest BCUT2D eigenvalue weighted by Gasteiger charge is -2.30. The predicted octanol–water partition coefficient (Wildman–Crippen LogP) is 1.90. The molecule has 1 aromatic rings. The van der Waals surface area contributed by atoms with Crippen LogP contribution >= 0.6 is 0 Å². The molecule has 104 valence electrons. The number of carboxylic acid groups (broad SMARTS) is 1. The van der Waals surface area contributed by atoms with Gasteiger partial charge in [-0.05, 0) is 31.7 Å². The minimum absolute atomic E-state index is 0.212. The summed E-state index contributed by atoms with van der Waals surface area (Å²) in [6, 6.07) is 2.05. The van der Waals surface area contributed by atoms with Gasteiger partial charge in [0.15, 0.2) is 0 Å². The maximum absolute atomic E-state index is 10.9. The molecule has 5 heteroatoms. The highest BCUT2D eigenvalue weighted by Gasteiger charge is 2.25. The standard InChI is InChI=1S/C14H21N3O2/c1-3-11-9-12(4-2)16-14(15-11)17-7-5-10(6-8-17)13(18)19/h9-10H,3-8H2,1-2H3,(H,18,19). The molecular formula is C14H21N3O2. The maximum Gasteiger partial charge on any atom is 0.306 e. The molecule has 19 heavy (non-hydrogen) atoms. The number of anilines is 1. The van der Waals surface area contributed by atoms with Crippen LogP contribution in [0.2, 0.25) is 0 Å². The fourth-order valence-corrected chi connectivity index (χ4v) is 2.37. The van der Waals surface area contributed by atoms with Crippen LogP contribution in [0, 0.1) is 5.92 Å². The Bertz CT molecular complexity index is 432. The van der Waals surface area contributed by atoms with Gasteiger partial charge in [-0.1, -0.05) is 13.8 Å². The van der Waals surface area contributed by atoms with Crippen molar-refractivity contribution in [2.24, 2.45) is 5.92 Å². The van der Waals surface area contributed by atoms with E-state index in [0.717, 1.165) is 43.3 Å². The number of rotatable bonds is 4. The monoisotopic (exact) mass is 263 g/mol. The normalized spacial score (nSPS) is 16.6. The first-order valence-electron chi connectivity index (χ1n) is 6.98. The highest BCUT2D eigenvalue weighted by molar-refractivity contribution is 5.70. The van der Waals surface area contributed by atoms with E-state index in [9.17, 15) is 4.79 Å². The third-order valence-corrected chi connectivity index (χ3v) is 3.67. The van der Waals surface area contributed by atoms with Crippen molar-refractivity contribution in [1.82, 2.24) is 9.97 Å². The molecule has 0 aliphatic carbocycles. The molecule has 0 amide bonds. The third-order valence-electron chi connectivity index (χ3n) is 3.67. The van der Waals surface area contributed by atoms with Crippen molar-refractivity contribution in [3.8, 4) is 0 Å². The second kappa shape index (κ2) is 5.99. The van der Waals surface area contributed by atoms with E-state index in [-0.39, 0.29) is 5.92 Å². The number of nitrogens with zero attached hydrogens (tertiary/aromatic N) is 3. The molecule has 0 bridgehead atoms. The van der Waals surface area contributed by atoms with E-state index < -0.39 is 5.97 Å². The van der Waals surface area contributed by atoms with Crippen LogP contribution in [0.25, 0.3) is 0 Å². The summed E-state index contributed by atoms with van der Waals surface area (Å²) < 4.78 is 0. The summed E-state index contributed by atoms with van der Waals surface area (Å²) in [6.07, 6.45) is 3.15.